The summed E-state index contributed by atoms with van der Waals surface area (Å²) < 4.78 is 0. The number of carbonyl (C=O) groups excluding carboxylic acids is 1. The molecule has 2 aliphatic rings. The average Bonchev–Trinajstić information content (AvgIpc) is 2.70. The summed E-state index contributed by atoms with van der Waals surface area (Å²) in [4.78, 5) is 15.1. The van der Waals surface area contributed by atoms with E-state index in [2.05, 4.69) is 46.6 Å². The summed E-state index contributed by atoms with van der Waals surface area (Å²) in [5.74, 6) is 0.0871. The first-order valence-electron chi connectivity index (χ1n) is 11.0. The van der Waals surface area contributed by atoms with Gasteiger partial charge in [0, 0.05) is 31.2 Å². The van der Waals surface area contributed by atoms with E-state index in [4.69, 9.17) is 0 Å². The molecule has 148 valence electrons. The molecule has 1 aliphatic carbocycles. The van der Waals surface area contributed by atoms with Gasteiger partial charge in [0.25, 0.3) is 5.91 Å². The molecule has 0 bridgehead atoms. The zero-order chi connectivity index (χ0) is 19.2. The molecule has 3 heteroatoms. The number of benzene rings is 2. The topological polar surface area (TPSA) is 32.3 Å². The van der Waals surface area contributed by atoms with E-state index in [9.17, 15) is 4.79 Å². The highest BCUT2D eigenvalue weighted by molar-refractivity contribution is 5.94. The Labute approximate surface area is 169 Å². The second-order valence-electron chi connectivity index (χ2n) is 8.44. The van der Waals surface area contributed by atoms with Crippen molar-refractivity contribution in [2.24, 2.45) is 0 Å². The minimum atomic E-state index is 0.0871. The van der Waals surface area contributed by atoms with Crippen LogP contribution in [-0.2, 0) is 19.5 Å². The van der Waals surface area contributed by atoms with Crippen molar-refractivity contribution >= 4 is 5.91 Å². The largest absolute Gasteiger partial charge is 0.349 e. The molecule has 28 heavy (non-hydrogen) atoms. The van der Waals surface area contributed by atoms with Crippen LogP contribution in [0.4, 0.5) is 0 Å². The van der Waals surface area contributed by atoms with Gasteiger partial charge in [-0.15, -0.1) is 0 Å². The monoisotopic (exact) mass is 376 g/mol. The van der Waals surface area contributed by atoms with Crippen molar-refractivity contribution in [2.45, 2.75) is 70.5 Å². The Kier molecular flexibility index (Phi) is 6.43. The summed E-state index contributed by atoms with van der Waals surface area (Å²) in [6.07, 6.45) is 9.82. The molecule has 2 aromatic rings. The van der Waals surface area contributed by atoms with Crippen molar-refractivity contribution in [3.63, 3.8) is 0 Å². The number of amides is 1. The van der Waals surface area contributed by atoms with Crippen LogP contribution in [0.3, 0.4) is 0 Å². The lowest BCUT2D eigenvalue weighted by atomic mass is 9.96. The van der Waals surface area contributed by atoms with Gasteiger partial charge >= 0.3 is 0 Å². The van der Waals surface area contributed by atoms with Crippen LogP contribution in [0.5, 0.6) is 0 Å². The first-order valence-corrected chi connectivity index (χ1v) is 11.0. The lowest BCUT2D eigenvalue weighted by Crippen LogP contribution is -2.35. The third-order valence-corrected chi connectivity index (χ3v) is 6.27. The van der Waals surface area contributed by atoms with Crippen molar-refractivity contribution in [1.29, 1.82) is 0 Å². The molecule has 0 spiro atoms. The lowest BCUT2D eigenvalue weighted by molar-refractivity contribution is 0.0930. The fraction of sp³-hybridized carbons (Fsp3) is 0.480. The summed E-state index contributed by atoms with van der Waals surface area (Å²) in [6.45, 7) is 3.06. The number of nitrogens with zero attached hydrogens (tertiary/aromatic N) is 1. The van der Waals surface area contributed by atoms with E-state index in [1.807, 2.05) is 12.1 Å². The van der Waals surface area contributed by atoms with E-state index in [-0.39, 0.29) is 5.91 Å². The summed E-state index contributed by atoms with van der Waals surface area (Å²) in [5, 5.41) is 3.27. The van der Waals surface area contributed by atoms with Gasteiger partial charge in [-0.05, 0) is 48.1 Å². The van der Waals surface area contributed by atoms with Crippen LogP contribution in [-0.4, -0.2) is 23.4 Å². The number of fused-ring (bicyclic) bond motifs is 1. The van der Waals surface area contributed by atoms with Crippen LogP contribution in [0.2, 0.25) is 0 Å². The predicted molar refractivity (Wildman–Crippen MR) is 114 cm³/mol. The van der Waals surface area contributed by atoms with Crippen molar-refractivity contribution < 1.29 is 4.79 Å². The molecule has 1 heterocycles. The van der Waals surface area contributed by atoms with E-state index in [0.29, 0.717) is 6.04 Å². The van der Waals surface area contributed by atoms with Gasteiger partial charge in [0.15, 0.2) is 0 Å². The Morgan fingerprint density at radius 1 is 0.893 bits per heavy atom. The minimum Gasteiger partial charge on any atom is -0.349 e. The molecule has 3 nitrogen and oxygen atoms in total. The maximum Gasteiger partial charge on any atom is 0.251 e. The number of rotatable bonds is 4. The second-order valence-corrected chi connectivity index (χ2v) is 8.44. The molecule has 4 rings (SSSR count). The van der Waals surface area contributed by atoms with Gasteiger partial charge in [0.2, 0.25) is 0 Å². The van der Waals surface area contributed by atoms with Gasteiger partial charge in [0.05, 0.1) is 0 Å². The van der Waals surface area contributed by atoms with E-state index in [1.54, 1.807) is 0 Å². The molecule has 0 atom stereocenters. The average molecular weight is 377 g/mol. The van der Waals surface area contributed by atoms with Crippen LogP contribution in [0.1, 0.15) is 72.0 Å². The van der Waals surface area contributed by atoms with E-state index < -0.39 is 0 Å². The van der Waals surface area contributed by atoms with Crippen LogP contribution in [0.15, 0.2) is 48.5 Å². The highest BCUT2D eigenvalue weighted by Crippen LogP contribution is 2.21. The van der Waals surface area contributed by atoms with E-state index in [0.717, 1.165) is 44.5 Å². The van der Waals surface area contributed by atoms with Gasteiger partial charge in [-0.1, -0.05) is 68.5 Å². The molecule has 0 radical (unpaired) electrons. The molecular weight excluding hydrogens is 344 g/mol. The molecular formula is C25H32N2O. The zero-order valence-electron chi connectivity index (χ0n) is 16.8. The molecule has 1 saturated carbocycles. The van der Waals surface area contributed by atoms with Gasteiger partial charge < -0.3 is 5.32 Å². The molecule has 2 aromatic carbocycles. The molecule has 0 saturated heterocycles. The van der Waals surface area contributed by atoms with Crippen LogP contribution in [0, 0.1) is 0 Å². The summed E-state index contributed by atoms with van der Waals surface area (Å²) in [5.41, 5.74) is 5.00. The number of nitrogens with one attached hydrogen (secondary N) is 1. The Balaban J connectivity index is 1.31. The third kappa shape index (κ3) is 5.02. The maximum absolute atomic E-state index is 12.6. The van der Waals surface area contributed by atoms with Crippen molar-refractivity contribution in [3.05, 3.63) is 70.8 Å². The normalized spacial score (nSPS) is 18.7. The Morgan fingerprint density at radius 2 is 1.57 bits per heavy atom. The van der Waals surface area contributed by atoms with Gasteiger partial charge in [-0.3, -0.25) is 9.69 Å². The summed E-state index contributed by atoms with van der Waals surface area (Å²) in [7, 11) is 0. The molecule has 1 aliphatic heterocycles. The molecule has 1 fully saturated rings. The first kappa shape index (κ1) is 19.2. The van der Waals surface area contributed by atoms with Crippen LogP contribution < -0.4 is 5.32 Å². The Morgan fingerprint density at radius 3 is 2.32 bits per heavy atom. The zero-order valence-corrected chi connectivity index (χ0v) is 16.8. The minimum absolute atomic E-state index is 0.0871. The van der Waals surface area contributed by atoms with Crippen molar-refractivity contribution in [3.8, 4) is 0 Å². The highest BCUT2D eigenvalue weighted by atomic mass is 16.1. The maximum atomic E-state index is 12.6. The third-order valence-electron chi connectivity index (χ3n) is 6.27. The fourth-order valence-corrected chi connectivity index (χ4v) is 4.58. The Bertz CT molecular complexity index is 775. The summed E-state index contributed by atoms with van der Waals surface area (Å²) in [6, 6.07) is 17.3. The molecule has 0 aromatic heterocycles. The van der Waals surface area contributed by atoms with Crippen molar-refractivity contribution in [2.75, 3.05) is 6.54 Å². The van der Waals surface area contributed by atoms with Crippen LogP contribution >= 0.6 is 0 Å². The number of hydrogen-bond donors (Lipinski definition) is 1. The highest BCUT2D eigenvalue weighted by Gasteiger charge is 2.17. The quantitative estimate of drug-likeness (QED) is 0.806. The fourth-order valence-electron chi connectivity index (χ4n) is 4.58. The Hall–Kier alpha value is -2.13. The summed E-state index contributed by atoms with van der Waals surface area (Å²) >= 11 is 0. The molecule has 1 amide bonds. The second kappa shape index (κ2) is 9.38. The van der Waals surface area contributed by atoms with Crippen LogP contribution in [0.25, 0.3) is 0 Å². The van der Waals surface area contributed by atoms with E-state index in [1.165, 1.54) is 48.8 Å². The van der Waals surface area contributed by atoms with Gasteiger partial charge in [0.1, 0.15) is 0 Å². The molecule has 1 N–H and O–H groups in total. The number of carbonyl (C=O) groups is 1. The van der Waals surface area contributed by atoms with Gasteiger partial charge in [-0.25, -0.2) is 0 Å². The SMILES string of the molecule is O=C(NC1CCCCCCC1)c1ccc(CN2CCc3ccccc3C2)cc1. The number of hydrogen-bond acceptors (Lipinski definition) is 2. The van der Waals surface area contributed by atoms with Crippen molar-refractivity contribution in [1.82, 2.24) is 10.2 Å². The first-order chi connectivity index (χ1) is 13.8. The smallest absolute Gasteiger partial charge is 0.251 e. The standard InChI is InChI=1S/C25H32N2O/c28-25(26-24-10-4-2-1-3-5-11-24)22-14-12-20(13-15-22)18-27-17-16-21-8-6-7-9-23(21)19-27/h6-9,12-15,24H,1-5,10-11,16-19H2,(H,26,28). The predicted octanol–water partition coefficient (Wildman–Crippen LogP) is 5.09. The molecule has 0 unspecified atom stereocenters. The van der Waals surface area contributed by atoms with Gasteiger partial charge in [-0.2, -0.15) is 0 Å². The van der Waals surface area contributed by atoms with E-state index >= 15 is 0 Å². The lowest BCUT2D eigenvalue weighted by Gasteiger charge is -2.28.